The monoisotopic (exact) mass is 337 g/mol. The van der Waals surface area contributed by atoms with Crippen LogP contribution in [0.2, 0.25) is 0 Å². The average molecular weight is 338 g/mol. The van der Waals surface area contributed by atoms with Crippen molar-refractivity contribution in [1.29, 1.82) is 0 Å². The molecule has 1 heterocycles. The molecule has 1 aromatic heterocycles. The maximum absolute atomic E-state index is 12.0. The Morgan fingerprint density at radius 2 is 1.91 bits per heavy atom. The van der Waals surface area contributed by atoms with E-state index in [1.165, 1.54) is 0 Å². The summed E-state index contributed by atoms with van der Waals surface area (Å²) in [5.41, 5.74) is 12.0. The van der Waals surface area contributed by atoms with E-state index in [4.69, 9.17) is 11.5 Å². The second kappa shape index (κ2) is 8.92. The molecule has 0 bridgehead atoms. The highest BCUT2D eigenvalue weighted by molar-refractivity contribution is 5.90. The predicted octanol–water partition coefficient (Wildman–Crippen LogP) is 1.21. The number of hydrogen-bond acceptors (Lipinski definition) is 4. The first-order chi connectivity index (χ1) is 10.5. The van der Waals surface area contributed by atoms with Gasteiger partial charge in [0, 0.05) is 37.7 Å². The van der Waals surface area contributed by atoms with Crippen LogP contribution >= 0.6 is 12.4 Å². The van der Waals surface area contributed by atoms with E-state index in [-0.39, 0.29) is 37.2 Å². The van der Waals surface area contributed by atoms with Crippen molar-refractivity contribution in [2.24, 2.45) is 11.5 Å². The van der Waals surface area contributed by atoms with Crippen molar-refractivity contribution in [3.8, 4) is 0 Å². The second-order valence-corrected chi connectivity index (χ2v) is 4.95. The molecule has 8 heteroatoms. The van der Waals surface area contributed by atoms with Crippen molar-refractivity contribution >= 4 is 30.0 Å². The summed E-state index contributed by atoms with van der Waals surface area (Å²) in [6.45, 7) is 0.384. The Morgan fingerprint density at radius 3 is 2.57 bits per heavy atom. The summed E-state index contributed by atoms with van der Waals surface area (Å²) in [6, 6.07) is 10.7. The van der Waals surface area contributed by atoms with Crippen LogP contribution in [0.3, 0.4) is 0 Å². The summed E-state index contributed by atoms with van der Waals surface area (Å²) in [7, 11) is 0. The summed E-state index contributed by atoms with van der Waals surface area (Å²) in [5.74, 6) is -0.179. The topological polar surface area (TPSA) is 116 Å². The van der Waals surface area contributed by atoms with E-state index in [2.05, 4.69) is 10.4 Å². The Morgan fingerprint density at radius 1 is 1.22 bits per heavy atom. The molecule has 2 aromatic rings. The number of aromatic nitrogens is 2. The molecule has 23 heavy (non-hydrogen) atoms. The van der Waals surface area contributed by atoms with Gasteiger partial charge in [0.15, 0.2) is 5.82 Å². The van der Waals surface area contributed by atoms with Gasteiger partial charge in [0.2, 0.25) is 11.8 Å². The highest BCUT2D eigenvalue weighted by atomic mass is 35.5. The number of halogens is 1. The standard InChI is InChI=1S/C15H19N5O2.ClH/c16-12(11-4-2-1-3-5-11)10-15(22)18-14-7-9-20(19-14)8-6-13(17)21;/h1-5,7,9,12H,6,8,10,16H2,(H2,17,21)(H,18,19,22);1H. The van der Waals surface area contributed by atoms with Crippen molar-refractivity contribution in [3.05, 3.63) is 48.2 Å². The van der Waals surface area contributed by atoms with Gasteiger partial charge in [0.25, 0.3) is 0 Å². The first kappa shape index (κ1) is 18.7. The number of carbonyl (C=O) groups excluding carboxylic acids is 2. The van der Waals surface area contributed by atoms with Crippen LogP contribution in [0.4, 0.5) is 5.82 Å². The third-order valence-electron chi connectivity index (χ3n) is 3.13. The minimum absolute atomic E-state index is 0. The molecule has 1 aromatic carbocycles. The number of amides is 2. The van der Waals surface area contributed by atoms with E-state index >= 15 is 0 Å². The molecule has 1 unspecified atom stereocenters. The van der Waals surface area contributed by atoms with Gasteiger partial charge in [-0.25, -0.2) is 0 Å². The van der Waals surface area contributed by atoms with Crippen molar-refractivity contribution in [2.75, 3.05) is 5.32 Å². The van der Waals surface area contributed by atoms with E-state index in [0.717, 1.165) is 5.56 Å². The normalized spacial score (nSPS) is 11.3. The second-order valence-electron chi connectivity index (χ2n) is 4.95. The lowest BCUT2D eigenvalue weighted by atomic mass is 10.0. The summed E-state index contributed by atoms with van der Waals surface area (Å²) >= 11 is 0. The molecule has 124 valence electrons. The largest absolute Gasteiger partial charge is 0.370 e. The summed E-state index contributed by atoms with van der Waals surface area (Å²) in [4.78, 5) is 22.7. The SMILES string of the molecule is Cl.NC(=O)CCn1ccc(NC(=O)CC(N)c2ccccc2)n1. The van der Waals surface area contributed by atoms with E-state index in [1.54, 1.807) is 16.9 Å². The highest BCUT2D eigenvalue weighted by Gasteiger charge is 2.12. The zero-order valence-electron chi connectivity index (χ0n) is 12.5. The van der Waals surface area contributed by atoms with Crippen LogP contribution in [0, 0.1) is 0 Å². The first-order valence-corrected chi connectivity index (χ1v) is 6.97. The summed E-state index contributed by atoms with van der Waals surface area (Å²) in [5, 5.41) is 6.82. The zero-order valence-corrected chi connectivity index (χ0v) is 13.3. The van der Waals surface area contributed by atoms with Crippen LogP contribution in [-0.4, -0.2) is 21.6 Å². The van der Waals surface area contributed by atoms with Crippen molar-refractivity contribution in [1.82, 2.24) is 9.78 Å². The van der Waals surface area contributed by atoms with Gasteiger partial charge in [-0.3, -0.25) is 14.3 Å². The Labute approximate surface area is 140 Å². The fraction of sp³-hybridized carbons (Fsp3) is 0.267. The van der Waals surface area contributed by atoms with Gasteiger partial charge < -0.3 is 16.8 Å². The molecule has 0 radical (unpaired) electrons. The number of carbonyl (C=O) groups is 2. The molecule has 1 atom stereocenters. The van der Waals surface area contributed by atoms with E-state index in [1.807, 2.05) is 30.3 Å². The minimum atomic E-state index is -0.394. The third kappa shape index (κ3) is 6.09. The molecule has 0 aliphatic carbocycles. The van der Waals surface area contributed by atoms with Gasteiger partial charge >= 0.3 is 0 Å². The van der Waals surface area contributed by atoms with E-state index in [0.29, 0.717) is 12.4 Å². The Hall–Kier alpha value is -2.38. The number of benzene rings is 1. The molecule has 0 saturated carbocycles. The number of nitrogens with two attached hydrogens (primary N) is 2. The van der Waals surface area contributed by atoms with Gasteiger partial charge in [-0.15, -0.1) is 12.4 Å². The fourth-order valence-corrected chi connectivity index (χ4v) is 1.99. The summed E-state index contributed by atoms with van der Waals surface area (Å²) in [6.07, 6.45) is 2.04. The lowest BCUT2D eigenvalue weighted by molar-refractivity contribution is -0.118. The highest BCUT2D eigenvalue weighted by Crippen LogP contribution is 2.14. The molecule has 2 amide bonds. The first-order valence-electron chi connectivity index (χ1n) is 6.97. The van der Waals surface area contributed by atoms with Gasteiger partial charge in [0.1, 0.15) is 0 Å². The van der Waals surface area contributed by atoms with Gasteiger partial charge in [-0.1, -0.05) is 30.3 Å². The Kier molecular flexibility index (Phi) is 7.24. The summed E-state index contributed by atoms with van der Waals surface area (Å²) < 4.78 is 1.55. The molecule has 7 nitrogen and oxygen atoms in total. The maximum atomic E-state index is 12.0. The van der Waals surface area contributed by atoms with Gasteiger partial charge in [-0.05, 0) is 5.56 Å². The molecular weight excluding hydrogens is 318 g/mol. The number of rotatable bonds is 7. The van der Waals surface area contributed by atoms with Crippen LogP contribution < -0.4 is 16.8 Å². The zero-order chi connectivity index (χ0) is 15.9. The molecule has 0 spiro atoms. The fourth-order valence-electron chi connectivity index (χ4n) is 1.99. The van der Waals surface area contributed by atoms with Crippen molar-refractivity contribution in [3.63, 3.8) is 0 Å². The van der Waals surface area contributed by atoms with Crippen molar-refractivity contribution in [2.45, 2.75) is 25.4 Å². The van der Waals surface area contributed by atoms with Gasteiger partial charge in [-0.2, -0.15) is 5.10 Å². The van der Waals surface area contributed by atoms with Gasteiger partial charge in [0.05, 0.1) is 0 Å². The van der Waals surface area contributed by atoms with E-state index < -0.39 is 5.91 Å². The number of nitrogens with zero attached hydrogens (tertiary/aromatic N) is 2. The van der Waals surface area contributed by atoms with Crippen LogP contribution in [0.1, 0.15) is 24.4 Å². The number of hydrogen-bond donors (Lipinski definition) is 3. The Balaban J connectivity index is 0.00000264. The third-order valence-corrected chi connectivity index (χ3v) is 3.13. The van der Waals surface area contributed by atoms with Crippen molar-refractivity contribution < 1.29 is 9.59 Å². The van der Waals surface area contributed by atoms with Crippen LogP contribution in [0.5, 0.6) is 0 Å². The Bertz CT molecular complexity index is 644. The number of primary amides is 1. The molecule has 2 rings (SSSR count). The minimum Gasteiger partial charge on any atom is -0.370 e. The molecule has 0 saturated heterocycles. The smallest absolute Gasteiger partial charge is 0.227 e. The predicted molar refractivity (Wildman–Crippen MR) is 89.9 cm³/mol. The molecule has 5 N–H and O–H groups in total. The molecule has 0 fully saturated rings. The number of anilines is 1. The lowest BCUT2D eigenvalue weighted by Gasteiger charge is -2.11. The maximum Gasteiger partial charge on any atom is 0.227 e. The van der Waals surface area contributed by atoms with Crippen LogP contribution in [0.15, 0.2) is 42.6 Å². The number of aryl methyl sites for hydroxylation is 1. The van der Waals surface area contributed by atoms with E-state index in [9.17, 15) is 9.59 Å². The molecule has 0 aliphatic rings. The van der Waals surface area contributed by atoms with Crippen LogP contribution in [0.25, 0.3) is 0 Å². The molecular formula is C15H20ClN5O2. The quantitative estimate of drug-likeness (QED) is 0.704. The average Bonchev–Trinajstić information content (AvgIpc) is 2.93. The molecule has 0 aliphatic heterocycles. The lowest BCUT2D eigenvalue weighted by Crippen LogP contribution is -2.21. The number of nitrogens with one attached hydrogen (secondary N) is 1. The van der Waals surface area contributed by atoms with Crippen LogP contribution in [-0.2, 0) is 16.1 Å².